The molecule has 0 saturated carbocycles. The summed E-state index contributed by atoms with van der Waals surface area (Å²) in [6.45, 7) is 4.10. The number of hydrogen-bond donors (Lipinski definition) is 0. The van der Waals surface area contributed by atoms with Crippen molar-refractivity contribution in [3.8, 4) is 6.07 Å². The Kier molecular flexibility index (Phi) is 5.07. The number of nitriles is 1. The third kappa shape index (κ3) is 3.55. The predicted octanol–water partition coefficient (Wildman–Crippen LogP) is 1.12. The highest BCUT2D eigenvalue weighted by atomic mass is 32.2. The molecule has 2 aromatic rings. The molecule has 1 fully saturated rings. The summed E-state index contributed by atoms with van der Waals surface area (Å²) >= 11 is 0. The van der Waals surface area contributed by atoms with Gasteiger partial charge in [0, 0.05) is 35.4 Å². The van der Waals surface area contributed by atoms with E-state index in [1.54, 1.807) is 12.1 Å². The Bertz CT molecular complexity index is 871. The van der Waals surface area contributed by atoms with Gasteiger partial charge in [0.2, 0.25) is 0 Å². The first-order chi connectivity index (χ1) is 11.6. The van der Waals surface area contributed by atoms with Crippen LogP contribution in [0.25, 0.3) is 10.9 Å². The van der Waals surface area contributed by atoms with Gasteiger partial charge in [0.25, 0.3) is 5.56 Å². The van der Waals surface area contributed by atoms with Crippen molar-refractivity contribution < 1.29 is 4.21 Å². The summed E-state index contributed by atoms with van der Waals surface area (Å²) in [5, 5.41) is 9.61. The molecule has 24 heavy (non-hydrogen) atoms. The molecule has 0 N–H and O–H groups in total. The van der Waals surface area contributed by atoms with Gasteiger partial charge in [0.1, 0.15) is 12.4 Å². The molecule has 1 aromatic carbocycles. The average Bonchev–Trinajstić information content (AvgIpc) is 2.71. The fraction of sp³-hybridized carbons (Fsp3) is 0.471. The Labute approximate surface area is 143 Å². The van der Waals surface area contributed by atoms with Crippen molar-refractivity contribution in [2.45, 2.75) is 20.0 Å². The van der Waals surface area contributed by atoms with E-state index in [0.29, 0.717) is 47.2 Å². The van der Waals surface area contributed by atoms with Crippen molar-refractivity contribution in [1.29, 1.82) is 5.26 Å². The molecule has 0 spiro atoms. The molecule has 0 amide bonds. The largest absolute Gasteiger partial charge is 0.295 e. The van der Waals surface area contributed by atoms with E-state index in [-0.39, 0.29) is 12.1 Å². The molecule has 1 aromatic heterocycles. The van der Waals surface area contributed by atoms with Crippen LogP contribution in [0.5, 0.6) is 0 Å². The summed E-state index contributed by atoms with van der Waals surface area (Å²) in [6.07, 6.45) is 0. The van der Waals surface area contributed by atoms with E-state index < -0.39 is 10.8 Å². The maximum absolute atomic E-state index is 12.7. The van der Waals surface area contributed by atoms with E-state index in [1.165, 1.54) is 4.57 Å². The molecule has 7 heteroatoms. The van der Waals surface area contributed by atoms with Crippen molar-refractivity contribution in [1.82, 2.24) is 14.5 Å². The van der Waals surface area contributed by atoms with Gasteiger partial charge in [-0.2, -0.15) is 5.26 Å². The molecule has 0 aliphatic carbocycles. The molecule has 3 rings (SSSR count). The Morgan fingerprint density at radius 1 is 1.42 bits per heavy atom. The number of benzene rings is 1. The van der Waals surface area contributed by atoms with Crippen LogP contribution in [-0.2, 0) is 23.9 Å². The monoisotopic (exact) mass is 344 g/mol. The molecular formula is C17H20N4O2S. The zero-order valence-electron chi connectivity index (χ0n) is 13.6. The SMILES string of the molecule is C[C@@H]1CN(Cc2nc3ccccc3c(=O)n2CC#N)CC[S@](=O)C1. The van der Waals surface area contributed by atoms with Crippen LogP contribution in [-0.4, -0.2) is 43.3 Å². The molecule has 6 nitrogen and oxygen atoms in total. The first-order valence-corrected chi connectivity index (χ1v) is 9.50. The summed E-state index contributed by atoms with van der Waals surface area (Å²) in [7, 11) is -0.785. The lowest BCUT2D eigenvalue weighted by Crippen LogP contribution is -2.33. The van der Waals surface area contributed by atoms with Gasteiger partial charge in [0.05, 0.1) is 23.5 Å². The van der Waals surface area contributed by atoms with Crippen LogP contribution in [0.3, 0.4) is 0 Å². The molecule has 1 aliphatic heterocycles. The van der Waals surface area contributed by atoms with Crippen LogP contribution in [0.1, 0.15) is 12.7 Å². The normalized spacial score (nSPS) is 22.2. The van der Waals surface area contributed by atoms with Crippen molar-refractivity contribution in [2.75, 3.05) is 24.6 Å². The lowest BCUT2D eigenvalue weighted by atomic mass is 10.2. The van der Waals surface area contributed by atoms with Gasteiger partial charge in [0.15, 0.2) is 0 Å². The number of para-hydroxylation sites is 1. The smallest absolute Gasteiger partial charge is 0.262 e. The average molecular weight is 344 g/mol. The first-order valence-electron chi connectivity index (χ1n) is 8.01. The minimum absolute atomic E-state index is 0.0126. The Morgan fingerprint density at radius 2 is 2.21 bits per heavy atom. The lowest BCUT2D eigenvalue weighted by molar-refractivity contribution is 0.247. The van der Waals surface area contributed by atoms with Gasteiger partial charge >= 0.3 is 0 Å². The van der Waals surface area contributed by atoms with E-state index in [9.17, 15) is 9.00 Å². The molecule has 2 heterocycles. The molecule has 0 bridgehead atoms. The summed E-state index contributed by atoms with van der Waals surface area (Å²) in [4.78, 5) is 19.5. The molecule has 0 unspecified atom stereocenters. The van der Waals surface area contributed by atoms with Crippen LogP contribution in [0.2, 0.25) is 0 Å². The van der Waals surface area contributed by atoms with Crippen LogP contribution in [0.4, 0.5) is 0 Å². The number of fused-ring (bicyclic) bond motifs is 1. The highest BCUT2D eigenvalue weighted by Gasteiger charge is 2.21. The molecule has 1 aliphatic rings. The minimum atomic E-state index is -0.785. The van der Waals surface area contributed by atoms with Crippen molar-refractivity contribution in [2.24, 2.45) is 5.92 Å². The quantitative estimate of drug-likeness (QED) is 0.834. The van der Waals surface area contributed by atoms with Crippen molar-refractivity contribution in [3.05, 3.63) is 40.4 Å². The Balaban J connectivity index is 1.98. The predicted molar refractivity (Wildman–Crippen MR) is 93.9 cm³/mol. The number of nitrogens with zero attached hydrogens (tertiary/aromatic N) is 4. The van der Waals surface area contributed by atoms with Gasteiger partial charge in [-0.25, -0.2) is 4.98 Å². The van der Waals surface area contributed by atoms with Gasteiger partial charge in [-0.05, 0) is 18.1 Å². The number of hydrogen-bond acceptors (Lipinski definition) is 5. The first kappa shape index (κ1) is 16.8. The van der Waals surface area contributed by atoms with Crippen LogP contribution in [0, 0.1) is 17.2 Å². The third-order valence-corrected chi connectivity index (χ3v) is 5.79. The standard InChI is InChI=1S/C17H20N4O2S/c1-13-10-20(8-9-24(23)12-13)11-16-19-15-5-3-2-4-14(15)17(22)21(16)7-6-18/h2-5,13H,7-12H2,1H3/t13-,24+/m1/s1. The minimum Gasteiger partial charge on any atom is -0.295 e. The van der Waals surface area contributed by atoms with Gasteiger partial charge in [-0.3, -0.25) is 18.5 Å². The molecular weight excluding hydrogens is 324 g/mol. The van der Waals surface area contributed by atoms with Gasteiger partial charge < -0.3 is 0 Å². The van der Waals surface area contributed by atoms with E-state index in [1.807, 2.05) is 12.1 Å². The van der Waals surface area contributed by atoms with E-state index in [4.69, 9.17) is 5.26 Å². The summed E-state index contributed by atoms with van der Waals surface area (Å²) < 4.78 is 13.3. The second-order valence-electron chi connectivity index (χ2n) is 6.25. The van der Waals surface area contributed by atoms with E-state index in [0.717, 1.165) is 6.54 Å². The van der Waals surface area contributed by atoms with Crippen molar-refractivity contribution in [3.63, 3.8) is 0 Å². The van der Waals surface area contributed by atoms with Crippen LogP contribution in [0.15, 0.2) is 29.1 Å². The second kappa shape index (κ2) is 7.24. The second-order valence-corrected chi connectivity index (χ2v) is 7.87. The fourth-order valence-electron chi connectivity index (χ4n) is 3.13. The van der Waals surface area contributed by atoms with E-state index >= 15 is 0 Å². The van der Waals surface area contributed by atoms with Crippen molar-refractivity contribution >= 4 is 21.7 Å². The third-order valence-electron chi connectivity index (χ3n) is 4.21. The Morgan fingerprint density at radius 3 is 3.00 bits per heavy atom. The highest BCUT2D eigenvalue weighted by molar-refractivity contribution is 7.85. The van der Waals surface area contributed by atoms with Gasteiger partial charge in [-0.1, -0.05) is 19.1 Å². The molecule has 126 valence electrons. The maximum atomic E-state index is 12.7. The fourth-order valence-corrected chi connectivity index (χ4v) is 4.50. The molecule has 0 radical (unpaired) electrons. The summed E-state index contributed by atoms with van der Waals surface area (Å²) in [5.74, 6) is 2.29. The summed E-state index contributed by atoms with van der Waals surface area (Å²) in [5.41, 5.74) is 0.474. The number of aromatic nitrogens is 2. The Hall–Kier alpha value is -2.04. The molecule has 2 atom stereocenters. The van der Waals surface area contributed by atoms with Crippen LogP contribution < -0.4 is 5.56 Å². The zero-order chi connectivity index (χ0) is 17.1. The van der Waals surface area contributed by atoms with Gasteiger partial charge in [-0.15, -0.1) is 0 Å². The molecule has 1 saturated heterocycles. The maximum Gasteiger partial charge on any atom is 0.262 e. The summed E-state index contributed by atoms with van der Waals surface area (Å²) in [6, 6.07) is 9.25. The van der Waals surface area contributed by atoms with Crippen LogP contribution >= 0.6 is 0 Å². The van der Waals surface area contributed by atoms with E-state index in [2.05, 4.69) is 22.9 Å². The number of rotatable bonds is 3. The highest BCUT2D eigenvalue weighted by Crippen LogP contribution is 2.13. The topological polar surface area (TPSA) is 79.0 Å². The lowest BCUT2D eigenvalue weighted by Gasteiger charge is -2.22. The zero-order valence-corrected chi connectivity index (χ0v) is 14.5.